The van der Waals surface area contributed by atoms with Gasteiger partial charge in [0.1, 0.15) is 25.1 Å². The van der Waals surface area contributed by atoms with Crippen molar-refractivity contribution < 1.29 is 14.3 Å². The molecule has 208 valence electrons. The fraction of sp³-hybridized carbons (Fsp3) is 0.462. The molecule has 2 N–H and O–H groups in total. The number of methoxy groups -OCH3 is 1. The Labute approximate surface area is 234 Å². The van der Waals surface area contributed by atoms with Gasteiger partial charge < -0.3 is 20.1 Å². The molecule has 4 rings (SSSR count). The smallest absolute Gasteiger partial charge is 0.408 e. The van der Waals surface area contributed by atoms with Crippen molar-refractivity contribution in [3.63, 3.8) is 0 Å². The summed E-state index contributed by atoms with van der Waals surface area (Å²) in [6, 6.07) is 8.79. The minimum atomic E-state index is -1.20. The summed E-state index contributed by atoms with van der Waals surface area (Å²) in [5.41, 5.74) is 4.69. The Hall–Kier alpha value is -3.35. The third-order valence-electron chi connectivity index (χ3n) is 6.44. The lowest BCUT2D eigenvalue weighted by Gasteiger charge is -2.22. The van der Waals surface area contributed by atoms with E-state index >= 15 is 0 Å². The molecule has 1 amide bonds. The van der Waals surface area contributed by atoms with E-state index in [0.29, 0.717) is 11.6 Å². The van der Waals surface area contributed by atoms with Gasteiger partial charge >= 0.3 is 6.09 Å². The number of aliphatic imine (C=N–C) groups is 1. The Kier molecular flexibility index (Phi) is 9.31. The van der Waals surface area contributed by atoms with Crippen LogP contribution in [0.3, 0.4) is 0 Å². The highest BCUT2D eigenvalue weighted by Crippen LogP contribution is 2.36. The van der Waals surface area contributed by atoms with E-state index < -0.39 is 20.3 Å². The molecule has 2 heterocycles. The summed E-state index contributed by atoms with van der Waals surface area (Å²) < 4.78 is 12.2. The number of carbonyl (C=O) groups excluding carboxylic acids is 1. The van der Waals surface area contributed by atoms with Crippen LogP contribution in [0.1, 0.15) is 30.5 Å². The van der Waals surface area contributed by atoms with Crippen LogP contribution < -0.4 is 10.6 Å². The van der Waals surface area contributed by atoms with Crippen molar-refractivity contribution in [3.05, 3.63) is 53.1 Å². The first-order valence-corrected chi connectivity index (χ1v) is 17.0. The van der Waals surface area contributed by atoms with Crippen molar-refractivity contribution in [1.82, 2.24) is 35.8 Å². The first-order chi connectivity index (χ1) is 18.6. The molecule has 13 heteroatoms. The monoisotopic (exact) mass is 570 g/mol. The molecule has 2 aromatic heterocycles. The van der Waals surface area contributed by atoms with Gasteiger partial charge in [-0.25, -0.2) is 9.79 Å². The number of fused-ring (bicyclic) bond motifs is 1. The highest BCUT2D eigenvalue weighted by molar-refractivity contribution is 6.76. The summed E-state index contributed by atoms with van der Waals surface area (Å²) in [6.07, 6.45) is 4.13. The van der Waals surface area contributed by atoms with Crippen LogP contribution in [-0.4, -0.2) is 71.8 Å². The number of ether oxygens (including phenoxy) is 2. The van der Waals surface area contributed by atoms with E-state index in [2.05, 4.69) is 51.9 Å². The average molecular weight is 571 g/mol. The SMILES string of the molecule is COC(=O)NC(C)NC(=NCOCC[Si](C)(C)C)C1CCc2cc(-c3cc(Cl)ccc3-n3cnnn3)cnc21. The summed E-state index contributed by atoms with van der Waals surface area (Å²) >= 11 is 6.35. The van der Waals surface area contributed by atoms with Crippen molar-refractivity contribution in [2.45, 2.75) is 57.5 Å². The van der Waals surface area contributed by atoms with Gasteiger partial charge in [-0.1, -0.05) is 31.2 Å². The first-order valence-electron chi connectivity index (χ1n) is 12.9. The van der Waals surface area contributed by atoms with E-state index in [1.807, 2.05) is 31.3 Å². The number of alkyl carbamates (subject to hydrolysis) is 1. The molecule has 0 fully saturated rings. The van der Waals surface area contributed by atoms with E-state index in [-0.39, 0.29) is 12.6 Å². The van der Waals surface area contributed by atoms with Crippen LogP contribution in [0.2, 0.25) is 30.7 Å². The molecule has 39 heavy (non-hydrogen) atoms. The lowest BCUT2D eigenvalue weighted by atomic mass is 10.0. The predicted octanol–water partition coefficient (Wildman–Crippen LogP) is 4.41. The molecule has 0 saturated carbocycles. The fourth-order valence-corrected chi connectivity index (χ4v) is 5.33. The van der Waals surface area contributed by atoms with E-state index in [9.17, 15) is 4.79 Å². The molecule has 1 aliphatic carbocycles. The van der Waals surface area contributed by atoms with Crippen LogP contribution >= 0.6 is 11.6 Å². The Morgan fingerprint density at radius 2 is 2.10 bits per heavy atom. The Balaban J connectivity index is 1.58. The van der Waals surface area contributed by atoms with Crippen LogP contribution in [0.5, 0.6) is 0 Å². The molecule has 0 aliphatic heterocycles. The zero-order valence-electron chi connectivity index (χ0n) is 22.9. The largest absolute Gasteiger partial charge is 0.453 e. The number of nitrogens with one attached hydrogen (secondary N) is 2. The van der Waals surface area contributed by atoms with Crippen molar-refractivity contribution in [2.75, 3.05) is 20.4 Å². The summed E-state index contributed by atoms with van der Waals surface area (Å²) in [5.74, 6) is 0.665. The summed E-state index contributed by atoms with van der Waals surface area (Å²) in [7, 11) is 0.140. The van der Waals surface area contributed by atoms with Gasteiger partial charge in [0.05, 0.1) is 24.4 Å². The third-order valence-corrected chi connectivity index (χ3v) is 8.38. The van der Waals surface area contributed by atoms with Crippen molar-refractivity contribution in [2.24, 2.45) is 4.99 Å². The van der Waals surface area contributed by atoms with Gasteiger partial charge in [0.25, 0.3) is 0 Å². The van der Waals surface area contributed by atoms with Gasteiger partial charge in [0, 0.05) is 37.0 Å². The van der Waals surface area contributed by atoms with Crippen LogP contribution in [-0.2, 0) is 15.9 Å². The number of hydrogen-bond donors (Lipinski definition) is 2. The number of nitrogens with zero attached hydrogens (tertiary/aromatic N) is 6. The Bertz CT molecular complexity index is 1310. The van der Waals surface area contributed by atoms with Gasteiger partial charge in [0.15, 0.2) is 0 Å². The number of amides is 1. The maximum Gasteiger partial charge on any atom is 0.408 e. The molecule has 1 aliphatic rings. The normalized spacial score (nSPS) is 16.1. The maximum absolute atomic E-state index is 11.8. The second-order valence-electron chi connectivity index (χ2n) is 10.7. The number of aryl methyl sites for hydroxylation is 1. The lowest BCUT2D eigenvalue weighted by Crippen LogP contribution is -2.47. The number of pyridine rings is 1. The van der Waals surface area contributed by atoms with Crippen LogP contribution in [0, 0.1) is 0 Å². The molecular formula is C26H35ClN8O3Si. The number of carbonyl (C=O) groups is 1. The first kappa shape index (κ1) is 28.6. The highest BCUT2D eigenvalue weighted by atomic mass is 35.5. The van der Waals surface area contributed by atoms with Crippen LogP contribution in [0.25, 0.3) is 16.8 Å². The van der Waals surface area contributed by atoms with Crippen LogP contribution in [0.15, 0.2) is 41.8 Å². The minimum absolute atomic E-state index is 0.0603. The number of hydrogen-bond acceptors (Lipinski definition) is 8. The Morgan fingerprint density at radius 3 is 2.82 bits per heavy atom. The summed E-state index contributed by atoms with van der Waals surface area (Å²) in [4.78, 5) is 21.4. The summed E-state index contributed by atoms with van der Waals surface area (Å²) in [6.45, 7) is 9.70. The number of rotatable bonds is 10. The molecule has 1 aromatic carbocycles. The van der Waals surface area contributed by atoms with Gasteiger partial charge in [-0.2, -0.15) is 4.68 Å². The number of benzene rings is 1. The van der Waals surface area contributed by atoms with E-state index in [1.165, 1.54) is 7.11 Å². The van der Waals surface area contributed by atoms with Crippen molar-refractivity contribution >= 4 is 31.6 Å². The van der Waals surface area contributed by atoms with E-state index in [1.54, 1.807) is 11.0 Å². The number of amidine groups is 1. The molecule has 0 bridgehead atoms. The molecule has 2 atom stereocenters. The second-order valence-corrected chi connectivity index (χ2v) is 16.7. The molecule has 3 aromatic rings. The number of halogens is 1. The molecule has 11 nitrogen and oxygen atoms in total. The predicted molar refractivity (Wildman–Crippen MR) is 153 cm³/mol. The van der Waals surface area contributed by atoms with E-state index in [0.717, 1.165) is 52.8 Å². The van der Waals surface area contributed by atoms with Gasteiger partial charge in [-0.15, -0.1) is 5.10 Å². The Morgan fingerprint density at radius 1 is 1.28 bits per heavy atom. The van der Waals surface area contributed by atoms with Crippen LogP contribution in [0.4, 0.5) is 4.79 Å². The molecule has 0 saturated heterocycles. The fourth-order valence-electron chi connectivity index (χ4n) is 4.40. The molecular weight excluding hydrogens is 536 g/mol. The highest BCUT2D eigenvalue weighted by Gasteiger charge is 2.30. The van der Waals surface area contributed by atoms with Gasteiger partial charge in [0.2, 0.25) is 0 Å². The number of aromatic nitrogens is 5. The lowest BCUT2D eigenvalue weighted by molar-refractivity contribution is 0.154. The zero-order valence-corrected chi connectivity index (χ0v) is 24.7. The molecule has 0 spiro atoms. The zero-order chi connectivity index (χ0) is 28.0. The molecule has 0 radical (unpaired) electrons. The quantitative estimate of drug-likeness (QED) is 0.121. The minimum Gasteiger partial charge on any atom is -0.453 e. The molecule has 2 unspecified atom stereocenters. The average Bonchev–Trinajstić information content (AvgIpc) is 3.57. The standard InChI is InChI=1S/C26H35ClN8O3Si/c1-17(32-26(36)37-2)31-25(29-16-38-10-11-39(3,4)5)21-8-6-18-12-19(14-28-24(18)21)22-13-20(27)7-9-23(22)35-15-30-33-34-35/h7,9,12-15,17,21H,6,8,10-11,16H2,1-5H3,(H,29,31)(H,32,36). The number of tetrazole rings is 1. The summed E-state index contributed by atoms with van der Waals surface area (Å²) in [5, 5.41) is 18.2. The topological polar surface area (TPSA) is 128 Å². The second kappa shape index (κ2) is 12.7. The van der Waals surface area contributed by atoms with E-state index in [4.69, 9.17) is 31.1 Å². The maximum atomic E-state index is 11.8. The van der Waals surface area contributed by atoms with Crippen molar-refractivity contribution in [1.29, 1.82) is 0 Å². The van der Waals surface area contributed by atoms with Crippen molar-refractivity contribution in [3.8, 4) is 16.8 Å². The van der Waals surface area contributed by atoms with Gasteiger partial charge in [-0.3, -0.25) is 4.98 Å². The van der Waals surface area contributed by atoms with Gasteiger partial charge in [-0.05, 0) is 66.1 Å². The third kappa shape index (κ3) is 7.61.